The van der Waals surface area contributed by atoms with Gasteiger partial charge in [0.15, 0.2) is 0 Å². The van der Waals surface area contributed by atoms with Gasteiger partial charge in [-0.2, -0.15) is 0 Å². The lowest BCUT2D eigenvalue weighted by atomic mass is 9.80. The summed E-state index contributed by atoms with van der Waals surface area (Å²) in [4.78, 5) is 10.6. The van der Waals surface area contributed by atoms with Crippen LogP contribution in [0.5, 0.6) is 0 Å². The highest BCUT2D eigenvalue weighted by Crippen LogP contribution is 2.44. The fourth-order valence-electron chi connectivity index (χ4n) is 7.28. The molecule has 0 atom stereocenters. The molecule has 0 saturated heterocycles. The van der Waals surface area contributed by atoms with Crippen molar-refractivity contribution in [1.29, 1.82) is 0 Å². The Morgan fingerprint density at radius 2 is 0.909 bits per heavy atom. The van der Waals surface area contributed by atoms with E-state index in [1.165, 1.54) is 37.9 Å². The second-order valence-corrected chi connectivity index (χ2v) is 11.5. The van der Waals surface area contributed by atoms with E-state index in [4.69, 9.17) is 9.97 Å². The molecule has 200 valence electrons. The van der Waals surface area contributed by atoms with Crippen molar-refractivity contribution in [2.24, 2.45) is 0 Å². The standard InChI is InChI=1S/C38H22B2N4/c1-5-19-30-24(13-1)25-14-2-6-20-31(25)43(30)39-37-35-28-17-9-11-23-12-10-18-29(34(23)28)36(35)41-38(42-37)40-44-32-21-7-3-15-26(32)27-16-4-8-22-33(27)44/h1-22H. The summed E-state index contributed by atoms with van der Waals surface area (Å²) >= 11 is 0. The number of hydrogen-bond donors (Lipinski definition) is 0. The van der Waals surface area contributed by atoms with Crippen molar-refractivity contribution in [1.82, 2.24) is 18.9 Å². The van der Waals surface area contributed by atoms with Crippen molar-refractivity contribution < 1.29 is 0 Å². The van der Waals surface area contributed by atoms with E-state index >= 15 is 0 Å². The summed E-state index contributed by atoms with van der Waals surface area (Å²) in [6, 6.07) is 47.3. The zero-order valence-electron chi connectivity index (χ0n) is 23.6. The quantitative estimate of drug-likeness (QED) is 0.217. The number of nitrogens with zero attached hydrogens (tertiary/aromatic N) is 4. The van der Waals surface area contributed by atoms with Crippen LogP contribution in [-0.4, -0.2) is 33.8 Å². The molecule has 2 radical (unpaired) electrons. The Labute approximate surface area is 254 Å². The predicted molar refractivity (Wildman–Crippen MR) is 184 cm³/mol. The highest BCUT2D eigenvalue weighted by molar-refractivity contribution is 6.58. The number of hydrogen-bond acceptors (Lipinski definition) is 2. The zero-order valence-corrected chi connectivity index (χ0v) is 23.6. The first-order valence-electron chi connectivity index (χ1n) is 14.9. The van der Waals surface area contributed by atoms with Gasteiger partial charge in [0.1, 0.15) is 5.72 Å². The summed E-state index contributed by atoms with van der Waals surface area (Å²) in [7, 11) is 4.30. The first kappa shape index (κ1) is 23.9. The van der Waals surface area contributed by atoms with Crippen LogP contribution in [0.15, 0.2) is 133 Å². The smallest absolute Gasteiger partial charge is 0.340 e. The maximum Gasteiger partial charge on any atom is 0.340 e. The van der Waals surface area contributed by atoms with Crippen LogP contribution >= 0.6 is 0 Å². The van der Waals surface area contributed by atoms with Gasteiger partial charge in [-0.1, -0.05) is 109 Å². The van der Waals surface area contributed by atoms with Gasteiger partial charge in [0, 0.05) is 60.3 Å². The van der Waals surface area contributed by atoms with Crippen LogP contribution in [-0.2, 0) is 0 Å². The van der Waals surface area contributed by atoms with Gasteiger partial charge in [0.25, 0.3) is 0 Å². The third-order valence-electron chi connectivity index (χ3n) is 9.11. The maximum absolute atomic E-state index is 5.33. The zero-order chi connectivity index (χ0) is 28.8. The fourth-order valence-corrected chi connectivity index (χ4v) is 7.28. The van der Waals surface area contributed by atoms with Crippen LogP contribution in [0, 0.1) is 0 Å². The Bertz CT molecular complexity index is 2520. The molecule has 6 aromatic carbocycles. The largest absolute Gasteiger partial charge is 0.383 e. The molecule has 10 rings (SSSR count). The number of fused-ring (bicyclic) bond motifs is 9. The van der Waals surface area contributed by atoms with E-state index in [0.29, 0.717) is 5.72 Å². The maximum atomic E-state index is 5.33. The van der Waals surface area contributed by atoms with Crippen molar-refractivity contribution in [2.45, 2.75) is 0 Å². The van der Waals surface area contributed by atoms with Crippen LogP contribution < -0.4 is 11.3 Å². The molecule has 0 unspecified atom stereocenters. The van der Waals surface area contributed by atoms with Crippen LogP contribution in [0.2, 0.25) is 0 Å². The van der Waals surface area contributed by atoms with Gasteiger partial charge in [-0.3, -0.25) is 4.98 Å². The van der Waals surface area contributed by atoms with Gasteiger partial charge >= 0.3 is 14.8 Å². The molecule has 1 aliphatic carbocycles. The second-order valence-electron chi connectivity index (χ2n) is 11.5. The number of rotatable bonds is 4. The monoisotopic (exact) mass is 556 g/mol. The minimum Gasteiger partial charge on any atom is -0.383 e. The summed E-state index contributed by atoms with van der Waals surface area (Å²) in [5.41, 5.74) is 10.6. The van der Waals surface area contributed by atoms with E-state index < -0.39 is 0 Å². The molecule has 0 fully saturated rings. The number of benzene rings is 6. The Kier molecular flexibility index (Phi) is 4.86. The minimum atomic E-state index is 0.673. The van der Waals surface area contributed by atoms with E-state index in [0.717, 1.165) is 44.5 Å². The third-order valence-corrected chi connectivity index (χ3v) is 9.11. The predicted octanol–water partition coefficient (Wildman–Crippen LogP) is 7.08. The topological polar surface area (TPSA) is 35.6 Å². The molecule has 0 N–H and O–H groups in total. The van der Waals surface area contributed by atoms with E-state index in [2.05, 4.69) is 157 Å². The molecule has 0 spiro atoms. The minimum absolute atomic E-state index is 0.673. The van der Waals surface area contributed by atoms with Gasteiger partial charge in [0.2, 0.25) is 0 Å². The Morgan fingerprint density at radius 3 is 1.45 bits per heavy atom. The van der Waals surface area contributed by atoms with Crippen LogP contribution in [0.3, 0.4) is 0 Å². The third kappa shape index (κ3) is 3.25. The molecule has 3 heterocycles. The molecular formula is C38H22B2N4. The van der Waals surface area contributed by atoms with Crippen molar-refractivity contribution in [3.63, 3.8) is 0 Å². The highest BCUT2D eigenvalue weighted by atomic mass is 15.0. The van der Waals surface area contributed by atoms with Gasteiger partial charge in [-0.05, 0) is 40.6 Å². The second kappa shape index (κ2) is 8.95. The lowest BCUT2D eigenvalue weighted by molar-refractivity contribution is 1.24. The summed E-state index contributed by atoms with van der Waals surface area (Å²) in [5, 5.41) is 7.35. The van der Waals surface area contributed by atoms with Crippen LogP contribution in [0.4, 0.5) is 0 Å². The first-order valence-corrected chi connectivity index (χ1v) is 14.9. The van der Waals surface area contributed by atoms with E-state index in [-0.39, 0.29) is 0 Å². The molecule has 9 aromatic rings. The van der Waals surface area contributed by atoms with Crippen molar-refractivity contribution in [3.8, 4) is 22.4 Å². The normalized spacial score (nSPS) is 12.1. The summed E-state index contributed by atoms with van der Waals surface area (Å²) < 4.78 is 4.53. The van der Waals surface area contributed by atoms with Crippen molar-refractivity contribution >= 4 is 80.5 Å². The van der Waals surface area contributed by atoms with E-state index in [1.54, 1.807) is 0 Å². The molecule has 0 aliphatic heterocycles. The Hall–Kier alpha value is -5.61. The molecule has 0 saturated carbocycles. The molecule has 0 amide bonds. The molecule has 1 aliphatic rings. The molecular weight excluding hydrogens is 534 g/mol. The Morgan fingerprint density at radius 1 is 0.432 bits per heavy atom. The molecule has 0 bridgehead atoms. The van der Waals surface area contributed by atoms with Crippen LogP contribution in [0.1, 0.15) is 0 Å². The molecule has 44 heavy (non-hydrogen) atoms. The summed E-state index contributed by atoms with van der Waals surface area (Å²) in [6.45, 7) is 0. The molecule has 6 heteroatoms. The van der Waals surface area contributed by atoms with Gasteiger partial charge in [-0.15, -0.1) is 0 Å². The lowest BCUT2D eigenvalue weighted by Crippen LogP contribution is -2.38. The average Bonchev–Trinajstić information content (AvgIpc) is 3.69. The SMILES string of the molecule is [B](c1nc([B]n2c3ccccc3c3ccccc32)c2c(n1)-c1cccc3cccc-2c13)n1c2ccccc2c2ccccc21. The molecule has 3 aromatic heterocycles. The van der Waals surface area contributed by atoms with E-state index in [1.807, 2.05) is 0 Å². The average molecular weight is 556 g/mol. The van der Waals surface area contributed by atoms with Gasteiger partial charge in [-0.25, -0.2) is 4.98 Å². The van der Waals surface area contributed by atoms with E-state index in [9.17, 15) is 0 Å². The highest BCUT2D eigenvalue weighted by Gasteiger charge is 2.29. The lowest BCUT2D eigenvalue weighted by Gasteiger charge is -2.14. The number of aromatic nitrogens is 4. The fraction of sp³-hybridized carbons (Fsp3) is 0. The summed E-state index contributed by atoms with van der Waals surface area (Å²) in [6.07, 6.45) is 0. The van der Waals surface area contributed by atoms with Gasteiger partial charge < -0.3 is 8.96 Å². The van der Waals surface area contributed by atoms with Crippen molar-refractivity contribution in [3.05, 3.63) is 133 Å². The van der Waals surface area contributed by atoms with Gasteiger partial charge in [0.05, 0.1) is 5.69 Å². The first-order chi connectivity index (χ1) is 21.8. The Balaban J connectivity index is 1.24. The van der Waals surface area contributed by atoms with Crippen LogP contribution in [0.25, 0.3) is 76.8 Å². The molecule has 4 nitrogen and oxygen atoms in total. The summed E-state index contributed by atoms with van der Waals surface area (Å²) in [5.74, 6) is 0. The van der Waals surface area contributed by atoms with Crippen molar-refractivity contribution in [2.75, 3.05) is 0 Å². The number of para-hydroxylation sites is 4.